The molecule has 0 aromatic heterocycles. The van der Waals surface area contributed by atoms with Crippen LogP contribution in [0.1, 0.15) is 33.1 Å². The molecule has 0 spiro atoms. The molecule has 0 rings (SSSR count). The van der Waals surface area contributed by atoms with Gasteiger partial charge in [-0.05, 0) is 12.8 Å². The first-order valence-corrected chi connectivity index (χ1v) is 6.21. The standard InChI is InChI=1S/C10H19BrN2O2/c1-3-6-12-9(14)5-7-13-10(15)8(11)4-2/h8H,3-7H2,1-2H3,(H,12,14)(H,13,15). The molecule has 4 nitrogen and oxygen atoms in total. The van der Waals surface area contributed by atoms with Crippen molar-refractivity contribution >= 4 is 27.7 Å². The lowest BCUT2D eigenvalue weighted by Gasteiger charge is -2.08. The first-order valence-electron chi connectivity index (χ1n) is 5.30. The summed E-state index contributed by atoms with van der Waals surface area (Å²) in [5.74, 6) is -0.0689. The first kappa shape index (κ1) is 14.4. The van der Waals surface area contributed by atoms with Crippen LogP contribution in [-0.2, 0) is 9.59 Å². The van der Waals surface area contributed by atoms with E-state index in [1.54, 1.807) is 0 Å². The van der Waals surface area contributed by atoms with E-state index in [9.17, 15) is 9.59 Å². The number of nitrogens with one attached hydrogen (secondary N) is 2. The molecular formula is C10H19BrN2O2. The molecule has 0 bridgehead atoms. The minimum absolute atomic E-state index is 0.0141. The number of hydrogen-bond donors (Lipinski definition) is 2. The van der Waals surface area contributed by atoms with E-state index in [2.05, 4.69) is 26.6 Å². The Labute approximate surface area is 99.3 Å². The number of halogens is 1. The van der Waals surface area contributed by atoms with Crippen molar-refractivity contribution in [2.24, 2.45) is 0 Å². The van der Waals surface area contributed by atoms with Crippen LogP contribution in [0, 0.1) is 0 Å². The SMILES string of the molecule is CCCNC(=O)CCNC(=O)C(Br)CC. The maximum atomic E-state index is 11.3. The smallest absolute Gasteiger partial charge is 0.233 e. The highest BCUT2D eigenvalue weighted by molar-refractivity contribution is 9.10. The predicted octanol–water partition coefficient (Wildman–Crippen LogP) is 1.19. The summed E-state index contributed by atoms with van der Waals surface area (Å²) in [6, 6.07) is 0. The van der Waals surface area contributed by atoms with E-state index in [0.717, 1.165) is 12.8 Å². The highest BCUT2D eigenvalue weighted by atomic mass is 79.9. The van der Waals surface area contributed by atoms with Crippen LogP contribution in [0.15, 0.2) is 0 Å². The average molecular weight is 279 g/mol. The number of amides is 2. The lowest BCUT2D eigenvalue weighted by atomic mass is 10.3. The van der Waals surface area contributed by atoms with E-state index >= 15 is 0 Å². The third kappa shape index (κ3) is 7.36. The van der Waals surface area contributed by atoms with Crippen molar-refractivity contribution in [3.05, 3.63) is 0 Å². The summed E-state index contributed by atoms with van der Waals surface area (Å²) < 4.78 is 0. The van der Waals surface area contributed by atoms with Crippen molar-refractivity contribution < 1.29 is 9.59 Å². The molecule has 2 N–H and O–H groups in total. The van der Waals surface area contributed by atoms with Gasteiger partial charge in [0.15, 0.2) is 0 Å². The van der Waals surface area contributed by atoms with Crippen molar-refractivity contribution in [1.82, 2.24) is 10.6 Å². The highest BCUT2D eigenvalue weighted by Gasteiger charge is 2.11. The lowest BCUT2D eigenvalue weighted by molar-refractivity contribution is -0.122. The number of alkyl halides is 1. The number of rotatable bonds is 7. The fourth-order valence-corrected chi connectivity index (χ4v) is 1.11. The average Bonchev–Trinajstić information content (AvgIpc) is 2.24. The molecule has 0 saturated heterocycles. The second-order valence-electron chi connectivity index (χ2n) is 3.27. The largest absolute Gasteiger partial charge is 0.356 e. The maximum absolute atomic E-state index is 11.3. The zero-order chi connectivity index (χ0) is 11.7. The van der Waals surface area contributed by atoms with E-state index in [-0.39, 0.29) is 16.6 Å². The second-order valence-corrected chi connectivity index (χ2v) is 4.37. The van der Waals surface area contributed by atoms with Crippen LogP contribution in [0.3, 0.4) is 0 Å². The highest BCUT2D eigenvalue weighted by Crippen LogP contribution is 2.03. The van der Waals surface area contributed by atoms with Gasteiger partial charge in [-0.3, -0.25) is 9.59 Å². The van der Waals surface area contributed by atoms with Gasteiger partial charge in [0.25, 0.3) is 0 Å². The molecule has 0 radical (unpaired) electrons. The summed E-state index contributed by atoms with van der Waals surface area (Å²) in [4.78, 5) is 22.3. The van der Waals surface area contributed by atoms with Gasteiger partial charge in [-0.1, -0.05) is 29.8 Å². The van der Waals surface area contributed by atoms with Gasteiger partial charge in [-0.15, -0.1) is 0 Å². The van der Waals surface area contributed by atoms with Crippen molar-refractivity contribution in [3.8, 4) is 0 Å². The summed E-state index contributed by atoms with van der Waals surface area (Å²) in [5.41, 5.74) is 0. The predicted molar refractivity (Wildman–Crippen MR) is 63.9 cm³/mol. The Bertz CT molecular complexity index is 210. The summed E-state index contributed by atoms with van der Waals surface area (Å²) >= 11 is 3.24. The Balaban J connectivity index is 3.52. The molecule has 0 aromatic carbocycles. The molecule has 0 aromatic rings. The van der Waals surface area contributed by atoms with Crippen LogP contribution >= 0.6 is 15.9 Å². The second kappa shape index (κ2) is 8.71. The number of hydrogen-bond acceptors (Lipinski definition) is 2. The molecular weight excluding hydrogens is 260 g/mol. The number of carbonyl (C=O) groups excluding carboxylic acids is 2. The Morgan fingerprint density at radius 1 is 1.20 bits per heavy atom. The Kier molecular flexibility index (Phi) is 8.37. The Morgan fingerprint density at radius 3 is 2.40 bits per heavy atom. The van der Waals surface area contributed by atoms with Gasteiger partial charge >= 0.3 is 0 Å². The van der Waals surface area contributed by atoms with Gasteiger partial charge < -0.3 is 10.6 Å². The quantitative estimate of drug-likeness (QED) is 0.688. The molecule has 0 aliphatic carbocycles. The molecule has 1 unspecified atom stereocenters. The molecule has 88 valence electrons. The summed E-state index contributed by atoms with van der Waals surface area (Å²) in [6.45, 7) is 5.02. The fourth-order valence-electron chi connectivity index (χ4n) is 0.948. The molecule has 1 atom stereocenters. The summed E-state index contributed by atoms with van der Waals surface area (Å²) in [7, 11) is 0. The lowest BCUT2D eigenvalue weighted by Crippen LogP contribution is -2.34. The van der Waals surface area contributed by atoms with E-state index < -0.39 is 0 Å². The third-order valence-corrected chi connectivity index (χ3v) is 2.93. The Hall–Kier alpha value is -0.580. The molecule has 0 aliphatic heterocycles. The van der Waals surface area contributed by atoms with Crippen LogP contribution in [0.25, 0.3) is 0 Å². The van der Waals surface area contributed by atoms with Crippen LogP contribution < -0.4 is 10.6 Å². The molecule has 0 heterocycles. The molecule has 0 fully saturated rings. The fraction of sp³-hybridized carbons (Fsp3) is 0.800. The van der Waals surface area contributed by atoms with Crippen LogP contribution in [-0.4, -0.2) is 29.7 Å². The minimum atomic E-state index is -0.156. The first-order chi connectivity index (χ1) is 7.11. The molecule has 5 heteroatoms. The molecule has 15 heavy (non-hydrogen) atoms. The van der Waals surface area contributed by atoms with Gasteiger partial charge in [-0.2, -0.15) is 0 Å². The van der Waals surface area contributed by atoms with Gasteiger partial charge in [0.2, 0.25) is 11.8 Å². The van der Waals surface area contributed by atoms with Crippen LogP contribution in [0.4, 0.5) is 0 Å². The van der Waals surface area contributed by atoms with Gasteiger partial charge in [-0.25, -0.2) is 0 Å². The van der Waals surface area contributed by atoms with E-state index in [1.807, 2.05) is 13.8 Å². The van der Waals surface area contributed by atoms with E-state index in [0.29, 0.717) is 19.5 Å². The monoisotopic (exact) mass is 278 g/mol. The topological polar surface area (TPSA) is 58.2 Å². The van der Waals surface area contributed by atoms with Crippen molar-refractivity contribution in [2.45, 2.75) is 37.9 Å². The van der Waals surface area contributed by atoms with Gasteiger partial charge in [0, 0.05) is 19.5 Å². The molecule has 2 amide bonds. The zero-order valence-corrected chi connectivity index (χ0v) is 10.9. The van der Waals surface area contributed by atoms with E-state index in [1.165, 1.54) is 0 Å². The van der Waals surface area contributed by atoms with Crippen molar-refractivity contribution in [2.75, 3.05) is 13.1 Å². The van der Waals surface area contributed by atoms with Gasteiger partial charge in [0.1, 0.15) is 0 Å². The minimum Gasteiger partial charge on any atom is -0.356 e. The van der Waals surface area contributed by atoms with Crippen molar-refractivity contribution in [3.63, 3.8) is 0 Å². The van der Waals surface area contributed by atoms with Gasteiger partial charge in [0.05, 0.1) is 4.83 Å². The van der Waals surface area contributed by atoms with Crippen LogP contribution in [0.5, 0.6) is 0 Å². The normalized spacial score (nSPS) is 11.9. The molecule has 0 saturated carbocycles. The van der Waals surface area contributed by atoms with E-state index in [4.69, 9.17) is 0 Å². The maximum Gasteiger partial charge on any atom is 0.233 e. The zero-order valence-electron chi connectivity index (χ0n) is 9.31. The van der Waals surface area contributed by atoms with Crippen LogP contribution in [0.2, 0.25) is 0 Å². The summed E-state index contributed by atoms with van der Waals surface area (Å²) in [6.07, 6.45) is 2.01. The number of carbonyl (C=O) groups is 2. The summed E-state index contributed by atoms with van der Waals surface area (Å²) in [5, 5.41) is 5.44. The van der Waals surface area contributed by atoms with Crippen molar-refractivity contribution in [1.29, 1.82) is 0 Å². The molecule has 0 aliphatic rings. The third-order valence-electron chi connectivity index (χ3n) is 1.87. The Morgan fingerprint density at radius 2 is 1.87 bits per heavy atom.